The van der Waals surface area contributed by atoms with Gasteiger partial charge in [-0.2, -0.15) is 8.78 Å². The van der Waals surface area contributed by atoms with Crippen molar-refractivity contribution in [1.29, 1.82) is 0 Å². The van der Waals surface area contributed by atoms with Crippen LogP contribution in [0.3, 0.4) is 0 Å². The Balaban J connectivity index is 3.03. The molecule has 2 N–H and O–H groups in total. The lowest BCUT2D eigenvalue weighted by molar-refractivity contribution is -0.146. The molecule has 2 unspecified atom stereocenters. The second-order valence-electron chi connectivity index (χ2n) is 3.71. The van der Waals surface area contributed by atoms with E-state index in [0.717, 1.165) is 0 Å². The molecule has 0 aliphatic carbocycles. The molecule has 0 spiro atoms. The molecule has 1 rings (SSSR count). The number of alkyl halides is 2. The number of para-hydroxylation sites is 1. The van der Waals surface area contributed by atoms with Crippen LogP contribution >= 0.6 is 0 Å². The molecule has 0 amide bonds. The topological polar surface area (TPSA) is 66.8 Å². The zero-order chi connectivity index (χ0) is 13.7. The van der Waals surface area contributed by atoms with Crippen LogP contribution in [0.15, 0.2) is 24.3 Å². The third-order valence-electron chi connectivity index (χ3n) is 2.59. The molecule has 0 aliphatic heterocycles. The lowest BCUT2D eigenvalue weighted by atomic mass is 9.93. The number of carboxylic acids is 1. The van der Waals surface area contributed by atoms with Gasteiger partial charge in [-0.25, -0.2) is 0 Å². The summed E-state index contributed by atoms with van der Waals surface area (Å²) in [5.74, 6) is -2.45. The molecule has 0 aromatic heterocycles. The molecule has 18 heavy (non-hydrogen) atoms. The number of aliphatic hydroxyl groups is 1. The van der Waals surface area contributed by atoms with Gasteiger partial charge >= 0.3 is 12.6 Å². The highest BCUT2D eigenvalue weighted by molar-refractivity contribution is 5.71. The third kappa shape index (κ3) is 3.40. The Labute approximate surface area is 103 Å². The number of benzene rings is 1. The predicted octanol–water partition coefficient (Wildman–Crippen LogP) is 2.43. The van der Waals surface area contributed by atoms with Gasteiger partial charge in [0.2, 0.25) is 0 Å². The highest BCUT2D eigenvalue weighted by Crippen LogP contribution is 2.32. The van der Waals surface area contributed by atoms with Crippen molar-refractivity contribution in [2.75, 3.05) is 0 Å². The van der Waals surface area contributed by atoms with Crippen molar-refractivity contribution < 1.29 is 28.5 Å². The first kappa shape index (κ1) is 14.4. The Bertz CT molecular complexity index is 409. The van der Waals surface area contributed by atoms with Crippen molar-refractivity contribution >= 4 is 5.97 Å². The Hall–Kier alpha value is -1.69. The minimum Gasteiger partial charge on any atom is -0.481 e. The van der Waals surface area contributed by atoms with Gasteiger partial charge in [-0.1, -0.05) is 25.1 Å². The van der Waals surface area contributed by atoms with E-state index in [-0.39, 0.29) is 17.7 Å². The predicted molar refractivity (Wildman–Crippen MR) is 59.5 cm³/mol. The summed E-state index contributed by atoms with van der Waals surface area (Å²) >= 11 is 0. The molecule has 0 heterocycles. The molecule has 100 valence electrons. The molecule has 0 saturated carbocycles. The zero-order valence-electron chi connectivity index (χ0n) is 9.72. The van der Waals surface area contributed by atoms with Crippen LogP contribution in [0.5, 0.6) is 5.75 Å². The summed E-state index contributed by atoms with van der Waals surface area (Å²) in [4.78, 5) is 10.9. The van der Waals surface area contributed by atoms with Crippen LogP contribution in [-0.2, 0) is 4.79 Å². The number of rotatable bonds is 6. The number of aliphatic hydroxyl groups excluding tert-OH is 1. The van der Waals surface area contributed by atoms with E-state index in [1.165, 1.54) is 24.3 Å². The summed E-state index contributed by atoms with van der Waals surface area (Å²) in [5.41, 5.74) is 0.0482. The molecular formula is C12H14F2O4. The number of hydrogen-bond acceptors (Lipinski definition) is 3. The van der Waals surface area contributed by atoms with Crippen molar-refractivity contribution in [1.82, 2.24) is 0 Å². The van der Waals surface area contributed by atoms with Gasteiger partial charge in [0.1, 0.15) is 5.75 Å². The standard InChI is InChI=1S/C12H14F2O4/c1-2-7(11(16)17)10(15)8-5-3-4-6-9(8)18-12(13)14/h3-7,10,12,15H,2H2,1H3,(H,16,17). The first-order valence-corrected chi connectivity index (χ1v) is 5.42. The first-order valence-electron chi connectivity index (χ1n) is 5.42. The maximum absolute atomic E-state index is 12.2. The molecule has 1 aromatic carbocycles. The fraction of sp³-hybridized carbons (Fsp3) is 0.417. The number of carbonyl (C=O) groups is 1. The van der Waals surface area contributed by atoms with Crippen LogP contribution in [0.1, 0.15) is 25.0 Å². The summed E-state index contributed by atoms with van der Waals surface area (Å²) in [6.07, 6.45) is -1.21. The second-order valence-corrected chi connectivity index (χ2v) is 3.71. The van der Waals surface area contributed by atoms with E-state index in [1.807, 2.05) is 0 Å². The lowest BCUT2D eigenvalue weighted by Crippen LogP contribution is -2.22. The average molecular weight is 260 g/mol. The summed E-state index contributed by atoms with van der Waals surface area (Å²) in [6.45, 7) is -1.43. The van der Waals surface area contributed by atoms with Gasteiger partial charge in [-0.05, 0) is 12.5 Å². The van der Waals surface area contributed by atoms with Crippen molar-refractivity contribution in [3.05, 3.63) is 29.8 Å². The van der Waals surface area contributed by atoms with E-state index in [1.54, 1.807) is 6.92 Å². The van der Waals surface area contributed by atoms with E-state index in [4.69, 9.17) is 5.11 Å². The fourth-order valence-corrected chi connectivity index (χ4v) is 1.68. The number of aliphatic carboxylic acids is 1. The molecule has 0 radical (unpaired) electrons. The third-order valence-corrected chi connectivity index (χ3v) is 2.59. The van der Waals surface area contributed by atoms with Crippen LogP contribution in [0.25, 0.3) is 0 Å². The lowest BCUT2D eigenvalue weighted by Gasteiger charge is -2.20. The van der Waals surface area contributed by atoms with Gasteiger partial charge in [0.15, 0.2) is 0 Å². The van der Waals surface area contributed by atoms with Gasteiger partial charge in [-0.15, -0.1) is 0 Å². The molecular weight excluding hydrogens is 246 g/mol. The molecule has 0 saturated heterocycles. The Morgan fingerprint density at radius 2 is 2.00 bits per heavy atom. The van der Waals surface area contributed by atoms with Crippen LogP contribution in [0.4, 0.5) is 8.78 Å². The van der Waals surface area contributed by atoms with Crippen molar-refractivity contribution in [2.45, 2.75) is 26.1 Å². The molecule has 0 bridgehead atoms. The van der Waals surface area contributed by atoms with Crippen molar-refractivity contribution in [2.24, 2.45) is 5.92 Å². The van der Waals surface area contributed by atoms with E-state index < -0.39 is 24.6 Å². The maximum Gasteiger partial charge on any atom is 0.387 e. The minimum absolute atomic E-state index is 0.0482. The number of ether oxygens (including phenoxy) is 1. The molecule has 4 nitrogen and oxygen atoms in total. The minimum atomic E-state index is -3.02. The largest absolute Gasteiger partial charge is 0.481 e. The fourth-order valence-electron chi connectivity index (χ4n) is 1.68. The molecule has 0 aliphatic rings. The van der Waals surface area contributed by atoms with Crippen LogP contribution < -0.4 is 4.74 Å². The summed E-state index contributed by atoms with van der Waals surface area (Å²) in [5, 5.41) is 18.9. The van der Waals surface area contributed by atoms with Crippen molar-refractivity contribution in [3.8, 4) is 5.75 Å². The van der Waals surface area contributed by atoms with E-state index >= 15 is 0 Å². The highest BCUT2D eigenvalue weighted by Gasteiger charge is 2.28. The number of hydrogen-bond donors (Lipinski definition) is 2. The van der Waals surface area contributed by atoms with Crippen LogP contribution in [-0.4, -0.2) is 22.8 Å². The molecule has 6 heteroatoms. The number of carboxylic acid groups (broad SMARTS) is 1. The molecule has 0 fully saturated rings. The van der Waals surface area contributed by atoms with Crippen LogP contribution in [0.2, 0.25) is 0 Å². The maximum atomic E-state index is 12.2. The summed E-state index contributed by atoms with van der Waals surface area (Å²) in [6, 6.07) is 5.62. The normalized spacial score (nSPS) is 14.3. The second kappa shape index (κ2) is 6.30. The smallest absolute Gasteiger partial charge is 0.387 e. The SMILES string of the molecule is CCC(C(=O)O)C(O)c1ccccc1OC(F)F. The van der Waals surface area contributed by atoms with Gasteiger partial charge in [0, 0.05) is 5.56 Å². The molecule has 2 atom stereocenters. The van der Waals surface area contributed by atoms with Gasteiger partial charge in [0.05, 0.1) is 12.0 Å². The van der Waals surface area contributed by atoms with E-state index in [2.05, 4.69) is 4.74 Å². The van der Waals surface area contributed by atoms with Gasteiger partial charge in [-0.3, -0.25) is 4.79 Å². The first-order chi connectivity index (χ1) is 8.47. The monoisotopic (exact) mass is 260 g/mol. The molecule has 1 aromatic rings. The Kier molecular flexibility index (Phi) is 5.03. The van der Waals surface area contributed by atoms with Gasteiger partial charge in [0.25, 0.3) is 0 Å². The Morgan fingerprint density at radius 3 is 2.50 bits per heavy atom. The highest BCUT2D eigenvalue weighted by atomic mass is 19.3. The average Bonchev–Trinajstić information content (AvgIpc) is 2.29. The summed E-state index contributed by atoms with van der Waals surface area (Å²) < 4.78 is 28.6. The van der Waals surface area contributed by atoms with Crippen molar-refractivity contribution in [3.63, 3.8) is 0 Å². The van der Waals surface area contributed by atoms with E-state index in [9.17, 15) is 18.7 Å². The number of halogens is 2. The van der Waals surface area contributed by atoms with Crippen LogP contribution in [0, 0.1) is 5.92 Å². The Morgan fingerprint density at radius 1 is 1.39 bits per heavy atom. The summed E-state index contributed by atoms with van der Waals surface area (Å²) in [7, 11) is 0. The van der Waals surface area contributed by atoms with Gasteiger partial charge < -0.3 is 14.9 Å². The van der Waals surface area contributed by atoms with E-state index in [0.29, 0.717) is 0 Å². The quantitative estimate of drug-likeness (QED) is 0.824. The zero-order valence-corrected chi connectivity index (χ0v) is 9.72.